The summed E-state index contributed by atoms with van der Waals surface area (Å²) < 4.78 is 1.24. The van der Waals surface area contributed by atoms with Crippen molar-refractivity contribution >= 4 is 38.9 Å². The van der Waals surface area contributed by atoms with Crippen molar-refractivity contribution in [2.24, 2.45) is 4.99 Å². The summed E-state index contributed by atoms with van der Waals surface area (Å²) in [5.41, 5.74) is 3.68. The summed E-state index contributed by atoms with van der Waals surface area (Å²) in [6.45, 7) is 3.85. The van der Waals surface area contributed by atoms with Crippen LogP contribution in [-0.4, -0.2) is 18.9 Å². The van der Waals surface area contributed by atoms with E-state index in [2.05, 4.69) is 47.6 Å². The Labute approximate surface area is 138 Å². The van der Waals surface area contributed by atoms with Gasteiger partial charge in [-0.2, -0.15) is 0 Å². The predicted octanol–water partition coefficient (Wildman–Crippen LogP) is 4.88. The number of thiophene rings is 1. The topological polar surface area (TPSA) is 24.4 Å². The van der Waals surface area contributed by atoms with Crippen LogP contribution in [0.15, 0.2) is 47.5 Å². The molecule has 0 bridgehead atoms. The third-order valence-electron chi connectivity index (χ3n) is 3.87. The lowest BCUT2D eigenvalue weighted by Gasteiger charge is -2.06. The zero-order chi connectivity index (χ0) is 15.1. The van der Waals surface area contributed by atoms with Crippen molar-refractivity contribution in [1.29, 1.82) is 0 Å². The molecule has 0 spiro atoms. The molecule has 22 heavy (non-hydrogen) atoms. The average Bonchev–Trinajstić information content (AvgIpc) is 3.14. The van der Waals surface area contributed by atoms with Crippen LogP contribution in [0.3, 0.4) is 0 Å². The van der Waals surface area contributed by atoms with Crippen LogP contribution < -0.4 is 5.32 Å². The molecule has 0 saturated carbocycles. The van der Waals surface area contributed by atoms with Crippen molar-refractivity contribution in [3.63, 3.8) is 0 Å². The fourth-order valence-corrected chi connectivity index (χ4v) is 4.14. The number of nitrogens with zero attached hydrogens (tertiary/aromatic N) is 1. The highest BCUT2D eigenvalue weighted by molar-refractivity contribution is 7.22. The molecule has 1 N–H and O–H groups in total. The molecule has 2 aromatic carbocycles. The van der Waals surface area contributed by atoms with Crippen molar-refractivity contribution in [3.05, 3.63) is 58.6 Å². The molecule has 0 saturated heterocycles. The fourth-order valence-electron chi connectivity index (χ4n) is 2.78. The molecular weight excluding hydrogens is 312 g/mol. The lowest BCUT2D eigenvalue weighted by molar-refractivity contribution is 0.960. The van der Waals surface area contributed by atoms with Gasteiger partial charge in [0.05, 0.1) is 6.54 Å². The van der Waals surface area contributed by atoms with E-state index in [0.29, 0.717) is 0 Å². The van der Waals surface area contributed by atoms with E-state index in [1.54, 1.807) is 11.3 Å². The van der Waals surface area contributed by atoms with Crippen molar-refractivity contribution < 1.29 is 0 Å². The summed E-state index contributed by atoms with van der Waals surface area (Å²) in [6.07, 6.45) is 0. The van der Waals surface area contributed by atoms with Gasteiger partial charge in [0.25, 0.3) is 0 Å². The van der Waals surface area contributed by atoms with E-state index in [4.69, 9.17) is 11.6 Å². The third-order valence-corrected chi connectivity index (χ3v) is 5.33. The highest BCUT2D eigenvalue weighted by atomic mass is 35.5. The maximum Gasteiger partial charge on any atom is 0.130 e. The van der Waals surface area contributed by atoms with E-state index in [0.717, 1.165) is 23.9 Å². The van der Waals surface area contributed by atoms with Gasteiger partial charge >= 0.3 is 0 Å². The van der Waals surface area contributed by atoms with Gasteiger partial charge in [-0.05, 0) is 30.7 Å². The van der Waals surface area contributed by atoms with Crippen LogP contribution in [-0.2, 0) is 0 Å². The molecule has 0 fully saturated rings. The molecule has 2 nitrogen and oxygen atoms in total. The van der Waals surface area contributed by atoms with Crippen LogP contribution in [0.25, 0.3) is 20.5 Å². The fraction of sp³-hybridized carbons (Fsp3) is 0.167. The number of aliphatic imine (C=N–C) groups is 1. The Kier molecular flexibility index (Phi) is 3.40. The molecule has 110 valence electrons. The molecule has 0 radical (unpaired) electrons. The van der Waals surface area contributed by atoms with Crippen molar-refractivity contribution in [2.45, 2.75) is 6.92 Å². The van der Waals surface area contributed by atoms with Gasteiger partial charge in [0.1, 0.15) is 5.84 Å². The first-order valence-corrected chi connectivity index (χ1v) is 8.49. The first-order chi connectivity index (χ1) is 10.7. The summed E-state index contributed by atoms with van der Waals surface area (Å²) in [5, 5.41) is 5.35. The van der Waals surface area contributed by atoms with Crippen molar-refractivity contribution in [2.75, 3.05) is 13.1 Å². The number of hydrogen-bond donors (Lipinski definition) is 1. The first-order valence-electron chi connectivity index (χ1n) is 7.30. The molecule has 0 aliphatic carbocycles. The van der Waals surface area contributed by atoms with Gasteiger partial charge in [0.2, 0.25) is 0 Å². The molecule has 4 rings (SSSR count). The second-order valence-corrected chi connectivity index (χ2v) is 6.96. The van der Waals surface area contributed by atoms with Gasteiger partial charge in [0, 0.05) is 32.1 Å². The van der Waals surface area contributed by atoms with Gasteiger partial charge in [-0.25, -0.2) is 0 Å². The second-order valence-electron chi connectivity index (χ2n) is 5.47. The van der Waals surface area contributed by atoms with Crippen LogP contribution in [0.4, 0.5) is 0 Å². The number of aryl methyl sites for hydroxylation is 1. The Balaban J connectivity index is 2.00. The molecule has 0 unspecified atom stereocenters. The molecule has 1 aromatic heterocycles. The number of benzene rings is 2. The van der Waals surface area contributed by atoms with E-state index in [9.17, 15) is 0 Å². The summed E-state index contributed by atoms with van der Waals surface area (Å²) >= 11 is 8.02. The summed E-state index contributed by atoms with van der Waals surface area (Å²) in [6, 6.07) is 14.8. The van der Waals surface area contributed by atoms with Crippen LogP contribution in [0.5, 0.6) is 0 Å². The second kappa shape index (κ2) is 5.41. The Morgan fingerprint density at radius 2 is 1.95 bits per heavy atom. The minimum Gasteiger partial charge on any atom is -0.368 e. The van der Waals surface area contributed by atoms with E-state index in [1.807, 2.05) is 12.1 Å². The molecule has 1 aliphatic rings. The molecular formula is C18H15ClN2S. The minimum absolute atomic E-state index is 0.764. The maximum atomic E-state index is 6.22. The van der Waals surface area contributed by atoms with Crippen LogP contribution >= 0.6 is 22.9 Å². The Bertz CT molecular complexity index is 878. The number of nitrogens with one attached hydrogen (secondary N) is 1. The van der Waals surface area contributed by atoms with E-state index in [1.165, 1.54) is 31.7 Å². The molecule has 2 heterocycles. The summed E-state index contributed by atoms with van der Waals surface area (Å²) in [5.74, 6) is 0.990. The standard InChI is InChI=1S/C18H15ClN2S/c1-11-2-4-12(5-3-11)17-16(18-20-8-9-21-18)14-10-13(19)6-7-15(14)22-17/h2-7,10H,8-9H2,1H3,(H,20,21). The Morgan fingerprint density at radius 3 is 2.68 bits per heavy atom. The van der Waals surface area contributed by atoms with Crippen LogP contribution in [0.2, 0.25) is 5.02 Å². The largest absolute Gasteiger partial charge is 0.368 e. The highest BCUT2D eigenvalue weighted by Crippen LogP contribution is 2.40. The number of amidine groups is 1. The van der Waals surface area contributed by atoms with Gasteiger partial charge in [0.15, 0.2) is 0 Å². The maximum absolute atomic E-state index is 6.22. The monoisotopic (exact) mass is 326 g/mol. The van der Waals surface area contributed by atoms with Gasteiger partial charge in [-0.1, -0.05) is 41.4 Å². The Morgan fingerprint density at radius 1 is 1.14 bits per heavy atom. The minimum atomic E-state index is 0.764. The molecule has 3 aromatic rings. The van der Waals surface area contributed by atoms with Crippen molar-refractivity contribution in [1.82, 2.24) is 5.32 Å². The Hall–Kier alpha value is -1.84. The normalized spacial score (nSPS) is 14.2. The van der Waals surface area contributed by atoms with Crippen LogP contribution in [0.1, 0.15) is 11.1 Å². The third kappa shape index (κ3) is 2.31. The van der Waals surface area contributed by atoms with Crippen LogP contribution in [0, 0.1) is 6.92 Å². The number of fused-ring (bicyclic) bond motifs is 1. The zero-order valence-corrected chi connectivity index (χ0v) is 13.8. The zero-order valence-electron chi connectivity index (χ0n) is 12.2. The van der Waals surface area contributed by atoms with Gasteiger partial charge in [-0.3, -0.25) is 4.99 Å². The van der Waals surface area contributed by atoms with Gasteiger partial charge < -0.3 is 5.32 Å². The van der Waals surface area contributed by atoms with E-state index >= 15 is 0 Å². The van der Waals surface area contributed by atoms with E-state index < -0.39 is 0 Å². The molecule has 1 aliphatic heterocycles. The lowest BCUT2D eigenvalue weighted by Crippen LogP contribution is -2.19. The summed E-state index contributed by atoms with van der Waals surface area (Å²) in [7, 11) is 0. The van der Waals surface area contributed by atoms with E-state index in [-0.39, 0.29) is 0 Å². The van der Waals surface area contributed by atoms with Crippen molar-refractivity contribution in [3.8, 4) is 10.4 Å². The molecule has 0 atom stereocenters. The quantitative estimate of drug-likeness (QED) is 0.713. The number of hydrogen-bond acceptors (Lipinski definition) is 3. The summed E-state index contributed by atoms with van der Waals surface area (Å²) in [4.78, 5) is 5.89. The SMILES string of the molecule is Cc1ccc(-c2sc3ccc(Cl)cc3c2C2=NCCN2)cc1. The number of halogens is 1. The highest BCUT2D eigenvalue weighted by Gasteiger charge is 2.20. The molecule has 0 amide bonds. The predicted molar refractivity (Wildman–Crippen MR) is 96.4 cm³/mol. The molecule has 4 heteroatoms. The average molecular weight is 327 g/mol. The number of rotatable bonds is 2. The van der Waals surface area contributed by atoms with Gasteiger partial charge in [-0.15, -0.1) is 11.3 Å². The lowest BCUT2D eigenvalue weighted by atomic mass is 10.0. The smallest absolute Gasteiger partial charge is 0.130 e. The first kappa shape index (κ1) is 13.8.